The molecule has 1 amide bonds. The molecule has 0 aliphatic carbocycles. The zero-order valence-corrected chi connectivity index (χ0v) is 16.9. The number of carbonyl (C=O) groups is 1. The van der Waals surface area contributed by atoms with Crippen LogP contribution < -0.4 is 14.9 Å². The van der Waals surface area contributed by atoms with Gasteiger partial charge in [0.1, 0.15) is 0 Å². The number of benzene rings is 1. The Morgan fingerprint density at radius 1 is 1.29 bits per heavy atom. The number of hydrogen-bond donors (Lipinski definition) is 2. The number of nitrogens with one attached hydrogen (secondary N) is 2. The van der Waals surface area contributed by atoms with Gasteiger partial charge in [0.25, 0.3) is 5.91 Å². The Hall–Kier alpha value is -2.45. The molecule has 0 saturated carbocycles. The third kappa shape index (κ3) is 4.69. The molecule has 1 aliphatic rings. The predicted octanol–water partition coefficient (Wildman–Crippen LogP) is 1.74. The quantitative estimate of drug-likeness (QED) is 0.768. The third-order valence-electron chi connectivity index (χ3n) is 5.18. The Morgan fingerprint density at radius 3 is 2.75 bits per heavy atom. The zero-order chi connectivity index (χ0) is 20.1. The standard InChI is InChI=1S/C20H26N4O3S/c1-24(28(2,26)27)19-14-21-12-10-17(19)20(25)23-13-18-16(9-6-11-22-18)15-7-4-3-5-8-15/h3-5,7-8,10,12,14,16,18,22H,6,9,11,13H2,1-2H3,(H,23,25)/t16-,18+/m0/s1. The highest BCUT2D eigenvalue weighted by Gasteiger charge is 2.27. The molecule has 1 aromatic heterocycles. The highest BCUT2D eigenvalue weighted by molar-refractivity contribution is 7.92. The van der Waals surface area contributed by atoms with Gasteiger partial charge < -0.3 is 10.6 Å². The van der Waals surface area contributed by atoms with Crippen LogP contribution in [-0.2, 0) is 10.0 Å². The molecule has 2 heterocycles. The van der Waals surface area contributed by atoms with Gasteiger partial charge in [-0.05, 0) is 31.0 Å². The van der Waals surface area contributed by atoms with Crippen LogP contribution in [0.5, 0.6) is 0 Å². The molecule has 1 fully saturated rings. The minimum Gasteiger partial charge on any atom is -0.350 e. The molecule has 2 atom stereocenters. The normalized spacial score (nSPS) is 19.8. The lowest BCUT2D eigenvalue weighted by atomic mass is 9.84. The van der Waals surface area contributed by atoms with E-state index in [0.717, 1.165) is 29.9 Å². The van der Waals surface area contributed by atoms with Crippen molar-refractivity contribution in [3.8, 4) is 0 Å². The molecule has 0 bridgehead atoms. The Morgan fingerprint density at radius 2 is 2.04 bits per heavy atom. The van der Waals surface area contributed by atoms with E-state index < -0.39 is 10.0 Å². The Kier molecular flexibility index (Phi) is 6.31. The van der Waals surface area contributed by atoms with Crippen LogP contribution in [0, 0.1) is 0 Å². The van der Waals surface area contributed by atoms with Crippen molar-refractivity contribution >= 4 is 21.6 Å². The summed E-state index contributed by atoms with van der Waals surface area (Å²) in [5.74, 6) is 0.0120. The molecule has 150 valence electrons. The van der Waals surface area contributed by atoms with Gasteiger partial charge in [-0.2, -0.15) is 0 Å². The Labute approximate surface area is 166 Å². The minimum atomic E-state index is -3.49. The third-order valence-corrected chi connectivity index (χ3v) is 6.37. The van der Waals surface area contributed by atoms with E-state index in [1.807, 2.05) is 18.2 Å². The fourth-order valence-electron chi connectivity index (χ4n) is 3.57. The van der Waals surface area contributed by atoms with Gasteiger partial charge in [-0.15, -0.1) is 0 Å². The van der Waals surface area contributed by atoms with Crippen LogP contribution in [0.15, 0.2) is 48.8 Å². The van der Waals surface area contributed by atoms with Gasteiger partial charge >= 0.3 is 0 Å². The van der Waals surface area contributed by atoms with E-state index in [2.05, 4.69) is 27.8 Å². The number of nitrogens with zero attached hydrogens (tertiary/aromatic N) is 2. The van der Waals surface area contributed by atoms with Crippen molar-refractivity contribution < 1.29 is 13.2 Å². The maximum atomic E-state index is 12.8. The van der Waals surface area contributed by atoms with E-state index in [0.29, 0.717) is 12.5 Å². The van der Waals surface area contributed by atoms with Crippen molar-refractivity contribution in [1.82, 2.24) is 15.6 Å². The van der Waals surface area contributed by atoms with Crippen LogP contribution in [0.2, 0.25) is 0 Å². The molecule has 1 aromatic carbocycles. The average molecular weight is 403 g/mol. The zero-order valence-electron chi connectivity index (χ0n) is 16.1. The first-order valence-electron chi connectivity index (χ1n) is 9.32. The van der Waals surface area contributed by atoms with Crippen molar-refractivity contribution in [3.05, 3.63) is 59.9 Å². The van der Waals surface area contributed by atoms with Gasteiger partial charge in [0.15, 0.2) is 0 Å². The topological polar surface area (TPSA) is 91.4 Å². The molecular weight excluding hydrogens is 376 g/mol. The second kappa shape index (κ2) is 8.70. The summed E-state index contributed by atoms with van der Waals surface area (Å²) in [4.78, 5) is 16.8. The highest BCUT2D eigenvalue weighted by atomic mass is 32.2. The van der Waals surface area contributed by atoms with Crippen LogP contribution >= 0.6 is 0 Å². The first-order valence-corrected chi connectivity index (χ1v) is 11.2. The number of hydrogen-bond acceptors (Lipinski definition) is 5. The minimum absolute atomic E-state index is 0.123. The smallest absolute Gasteiger partial charge is 0.253 e. The first-order chi connectivity index (χ1) is 13.4. The second-order valence-corrected chi connectivity index (χ2v) is 9.07. The molecule has 1 aliphatic heterocycles. The van der Waals surface area contributed by atoms with Crippen molar-refractivity contribution in [3.63, 3.8) is 0 Å². The molecule has 28 heavy (non-hydrogen) atoms. The van der Waals surface area contributed by atoms with Crippen LogP contribution in [0.1, 0.15) is 34.7 Å². The van der Waals surface area contributed by atoms with Gasteiger partial charge in [-0.1, -0.05) is 30.3 Å². The highest BCUT2D eigenvalue weighted by Crippen LogP contribution is 2.28. The lowest BCUT2D eigenvalue weighted by Crippen LogP contribution is -2.47. The van der Waals surface area contributed by atoms with Crippen molar-refractivity contribution in [2.75, 3.05) is 30.7 Å². The van der Waals surface area contributed by atoms with E-state index in [9.17, 15) is 13.2 Å². The van der Waals surface area contributed by atoms with Gasteiger partial charge in [0.2, 0.25) is 10.0 Å². The summed E-state index contributed by atoms with van der Waals surface area (Å²) in [6.45, 7) is 1.38. The monoisotopic (exact) mass is 402 g/mol. The number of carbonyl (C=O) groups excluding carboxylic acids is 1. The number of piperidine rings is 1. The predicted molar refractivity (Wildman–Crippen MR) is 110 cm³/mol. The van der Waals surface area contributed by atoms with Crippen LogP contribution in [0.3, 0.4) is 0 Å². The summed E-state index contributed by atoms with van der Waals surface area (Å²) in [6, 6.07) is 12.0. The summed E-state index contributed by atoms with van der Waals surface area (Å²) in [5.41, 5.74) is 1.81. The van der Waals surface area contributed by atoms with E-state index in [1.165, 1.54) is 31.1 Å². The second-order valence-electron chi connectivity index (χ2n) is 7.05. The van der Waals surface area contributed by atoms with Gasteiger partial charge in [-0.25, -0.2) is 8.42 Å². The van der Waals surface area contributed by atoms with Crippen LogP contribution in [0.4, 0.5) is 5.69 Å². The lowest BCUT2D eigenvalue weighted by molar-refractivity contribution is 0.0946. The summed E-state index contributed by atoms with van der Waals surface area (Å²) in [5, 5.41) is 6.47. The number of sulfonamides is 1. The maximum Gasteiger partial charge on any atom is 0.253 e. The average Bonchev–Trinajstić information content (AvgIpc) is 2.71. The summed E-state index contributed by atoms with van der Waals surface area (Å²) < 4.78 is 24.8. The summed E-state index contributed by atoms with van der Waals surface area (Å²) in [7, 11) is -2.08. The molecule has 2 N–H and O–H groups in total. The molecule has 7 nitrogen and oxygen atoms in total. The maximum absolute atomic E-state index is 12.8. The molecule has 8 heteroatoms. The molecule has 2 aromatic rings. The fourth-order valence-corrected chi connectivity index (χ4v) is 4.07. The molecule has 0 spiro atoms. The van der Waals surface area contributed by atoms with Gasteiger partial charge in [0, 0.05) is 31.7 Å². The Balaban J connectivity index is 1.73. The number of amides is 1. The molecule has 0 radical (unpaired) electrons. The number of anilines is 1. The Bertz CT molecular complexity index is 918. The number of rotatable bonds is 6. The van der Waals surface area contributed by atoms with Crippen molar-refractivity contribution in [1.29, 1.82) is 0 Å². The SMILES string of the molecule is CN(c1cnccc1C(=O)NC[C@H]1NCCC[C@H]1c1ccccc1)S(C)(=O)=O. The van der Waals surface area contributed by atoms with Crippen LogP contribution in [-0.4, -0.2) is 51.7 Å². The van der Waals surface area contributed by atoms with E-state index in [4.69, 9.17) is 0 Å². The van der Waals surface area contributed by atoms with Crippen molar-refractivity contribution in [2.24, 2.45) is 0 Å². The first kappa shape index (κ1) is 20.3. The summed E-state index contributed by atoms with van der Waals surface area (Å²) in [6.07, 6.45) is 6.13. The summed E-state index contributed by atoms with van der Waals surface area (Å²) >= 11 is 0. The van der Waals surface area contributed by atoms with Gasteiger partial charge in [0.05, 0.1) is 23.7 Å². The van der Waals surface area contributed by atoms with Crippen molar-refractivity contribution in [2.45, 2.75) is 24.8 Å². The molecule has 1 saturated heterocycles. The van der Waals surface area contributed by atoms with E-state index in [-0.39, 0.29) is 23.2 Å². The van der Waals surface area contributed by atoms with E-state index >= 15 is 0 Å². The van der Waals surface area contributed by atoms with Gasteiger partial charge in [-0.3, -0.25) is 14.1 Å². The largest absolute Gasteiger partial charge is 0.350 e. The van der Waals surface area contributed by atoms with Crippen LogP contribution in [0.25, 0.3) is 0 Å². The fraction of sp³-hybridized carbons (Fsp3) is 0.400. The number of aromatic nitrogens is 1. The lowest BCUT2D eigenvalue weighted by Gasteiger charge is -2.33. The molecule has 0 unspecified atom stereocenters. The molecular formula is C20H26N4O3S. The van der Waals surface area contributed by atoms with E-state index in [1.54, 1.807) is 0 Å². The number of pyridine rings is 1. The molecule has 3 rings (SSSR count).